The van der Waals surface area contributed by atoms with Gasteiger partial charge in [0.05, 0.1) is 6.61 Å². The molecule has 0 aliphatic carbocycles. The number of unbranched alkanes of at least 4 members (excludes halogenated alkanes) is 14. The average Bonchev–Trinajstić information content (AvgIpc) is 2.75. The predicted molar refractivity (Wildman–Crippen MR) is 130 cm³/mol. The van der Waals surface area contributed by atoms with E-state index in [1.165, 1.54) is 114 Å². The molecule has 170 valence electrons. The second kappa shape index (κ2) is 22.5. The van der Waals surface area contributed by atoms with Crippen molar-refractivity contribution in [2.75, 3.05) is 24.7 Å². The SMILES string of the molecule is C#CCCCCCCCCCCCCCCCCSCCCOC1CCCCO1. The molecule has 0 aromatic heterocycles. The van der Waals surface area contributed by atoms with Crippen LogP contribution in [0.3, 0.4) is 0 Å². The van der Waals surface area contributed by atoms with Gasteiger partial charge in [0.1, 0.15) is 0 Å². The van der Waals surface area contributed by atoms with Crippen molar-refractivity contribution in [1.82, 2.24) is 0 Å². The molecule has 1 unspecified atom stereocenters. The van der Waals surface area contributed by atoms with Crippen molar-refractivity contribution in [2.45, 2.75) is 128 Å². The third-order valence-corrected chi connectivity index (χ3v) is 6.89. The van der Waals surface area contributed by atoms with Gasteiger partial charge in [0.25, 0.3) is 0 Å². The Labute approximate surface area is 186 Å². The van der Waals surface area contributed by atoms with E-state index in [1.54, 1.807) is 0 Å². The molecule has 1 rings (SSSR count). The largest absolute Gasteiger partial charge is 0.353 e. The summed E-state index contributed by atoms with van der Waals surface area (Å²) in [7, 11) is 0. The highest BCUT2D eigenvalue weighted by Gasteiger charge is 2.13. The van der Waals surface area contributed by atoms with E-state index in [2.05, 4.69) is 17.7 Å². The number of rotatable bonds is 21. The summed E-state index contributed by atoms with van der Waals surface area (Å²) in [5, 5.41) is 0. The van der Waals surface area contributed by atoms with Crippen molar-refractivity contribution in [2.24, 2.45) is 0 Å². The van der Waals surface area contributed by atoms with Crippen molar-refractivity contribution in [3.8, 4) is 12.3 Å². The first-order chi connectivity index (χ1) is 14.4. The van der Waals surface area contributed by atoms with Crippen molar-refractivity contribution >= 4 is 11.8 Å². The lowest BCUT2D eigenvalue weighted by Crippen LogP contribution is -2.22. The summed E-state index contributed by atoms with van der Waals surface area (Å²) in [6, 6.07) is 0. The maximum Gasteiger partial charge on any atom is 0.157 e. The molecule has 0 N–H and O–H groups in total. The van der Waals surface area contributed by atoms with Gasteiger partial charge in [-0.3, -0.25) is 0 Å². The van der Waals surface area contributed by atoms with E-state index in [1.807, 2.05) is 0 Å². The lowest BCUT2D eigenvalue weighted by atomic mass is 10.0. The van der Waals surface area contributed by atoms with Gasteiger partial charge in [-0.1, -0.05) is 77.0 Å². The van der Waals surface area contributed by atoms with Crippen molar-refractivity contribution in [3.63, 3.8) is 0 Å². The van der Waals surface area contributed by atoms with Crippen LogP contribution in [0.15, 0.2) is 0 Å². The molecule has 3 heteroatoms. The van der Waals surface area contributed by atoms with Gasteiger partial charge in [-0.05, 0) is 50.0 Å². The summed E-state index contributed by atoms with van der Waals surface area (Å²) in [5.74, 6) is 5.28. The Morgan fingerprint density at radius 1 is 0.724 bits per heavy atom. The standard InChI is InChI=1S/C26H48O2S/c1-2-3-4-5-6-7-8-9-10-11-12-13-14-15-16-19-24-29-25-20-23-28-26-21-17-18-22-27-26/h1,26H,3-25H2. The van der Waals surface area contributed by atoms with Gasteiger partial charge in [0.2, 0.25) is 0 Å². The van der Waals surface area contributed by atoms with E-state index in [-0.39, 0.29) is 6.29 Å². The molecule has 0 bridgehead atoms. The lowest BCUT2D eigenvalue weighted by Gasteiger charge is -2.22. The Balaban J connectivity index is 1.64. The Bertz CT molecular complexity index is 360. The topological polar surface area (TPSA) is 18.5 Å². The molecular weight excluding hydrogens is 376 g/mol. The van der Waals surface area contributed by atoms with E-state index in [0.29, 0.717) is 0 Å². The van der Waals surface area contributed by atoms with Crippen LogP contribution in [0, 0.1) is 12.3 Å². The average molecular weight is 425 g/mol. The maximum absolute atomic E-state index is 5.78. The minimum absolute atomic E-state index is 0.0864. The minimum atomic E-state index is 0.0864. The van der Waals surface area contributed by atoms with Crippen LogP contribution >= 0.6 is 11.8 Å². The number of thioether (sulfide) groups is 1. The second-order valence-electron chi connectivity index (χ2n) is 8.54. The summed E-state index contributed by atoms with van der Waals surface area (Å²) >= 11 is 2.10. The molecule has 0 radical (unpaired) electrons. The van der Waals surface area contributed by atoms with Gasteiger partial charge >= 0.3 is 0 Å². The molecule has 1 saturated heterocycles. The number of terminal acetylenes is 1. The summed E-state index contributed by atoms with van der Waals surface area (Å²) in [6.45, 7) is 1.75. The van der Waals surface area contributed by atoms with Crippen molar-refractivity contribution in [1.29, 1.82) is 0 Å². The van der Waals surface area contributed by atoms with Gasteiger partial charge in [0, 0.05) is 13.0 Å². The Morgan fingerprint density at radius 3 is 1.83 bits per heavy atom. The fourth-order valence-corrected chi connectivity index (χ4v) is 4.81. The zero-order valence-electron chi connectivity index (χ0n) is 19.1. The first kappa shape index (κ1) is 26.9. The predicted octanol–water partition coefficient (Wildman–Crippen LogP) is 8.14. The molecule has 1 aliphatic rings. The van der Waals surface area contributed by atoms with Crippen LogP contribution in [-0.4, -0.2) is 31.0 Å². The van der Waals surface area contributed by atoms with Crippen LogP contribution in [0.25, 0.3) is 0 Å². The van der Waals surface area contributed by atoms with Crippen molar-refractivity contribution < 1.29 is 9.47 Å². The molecule has 1 aliphatic heterocycles. The van der Waals surface area contributed by atoms with Crippen LogP contribution in [0.5, 0.6) is 0 Å². The Kier molecular flexibility index (Phi) is 20.9. The highest BCUT2D eigenvalue weighted by Crippen LogP contribution is 2.16. The molecule has 1 heterocycles. The second-order valence-corrected chi connectivity index (χ2v) is 9.76. The van der Waals surface area contributed by atoms with Crippen molar-refractivity contribution in [3.05, 3.63) is 0 Å². The molecule has 1 fully saturated rings. The number of hydrogen-bond acceptors (Lipinski definition) is 3. The zero-order valence-corrected chi connectivity index (χ0v) is 20.0. The van der Waals surface area contributed by atoms with E-state index in [0.717, 1.165) is 32.5 Å². The maximum atomic E-state index is 5.78. The summed E-state index contributed by atoms with van der Waals surface area (Å²) in [6.07, 6.45) is 30.7. The smallest absolute Gasteiger partial charge is 0.157 e. The van der Waals surface area contributed by atoms with Gasteiger partial charge in [-0.15, -0.1) is 12.3 Å². The van der Waals surface area contributed by atoms with Crippen LogP contribution < -0.4 is 0 Å². The molecule has 0 aromatic carbocycles. The molecule has 0 saturated carbocycles. The summed E-state index contributed by atoms with van der Waals surface area (Å²) in [4.78, 5) is 0. The zero-order chi connectivity index (χ0) is 20.7. The quantitative estimate of drug-likeness (QED) is 0.137. The highest BCUT2D eigenvalue weighted by molar-refractivity contribution is 7.99. The molecule has 2 nitrogen and oxygen atoms in total. The van der Waals surface area contributed by atoms with Gasteiger partial charge in [-0.25, -0.2) is 0 Å². The third-order valence-electron chi connectivity index (χ3n) is 5.73. The number of ether oxygens (including phenoxy) is 2. The van der Waals surface area contributed by atoms with Crippen LogP contribution in [0.4, 0.5) is 0 Å². The summed E-state index contributed by atoms with van der Waals surface area (Å²) < 4.78 is 11.4. The first-order valence-corrected chi connectivity index (χ1v) is 13.8. The lowest BCUT2D eigenvalue weighted by molar-refractivity contribution is -0.162. The monoisotopic (exact) mass is 424 g/mol. The fourth-order valence-electron chi connectivity index (χ4n) is 3.87. The molecule has 29 heavy (non-hydrogen) atoms. The first-order valence-electron chi connectivity index (χ1n) is 12.7. The molecule has 1 atom stereocenters. The van der Waals surface area contributed by atoms with E-state index in [9.17, 15) is 0 Å². The Hall–Kier alpha value is -0.170. The summed E-state index contributed by atoms with van der Waals surface area (Å²) in [5.41, 5.74) is 0. The van der Waals surface area contributed by atoms with Crippen LogP contribution in [0.1, 0.15) is 122 Å². The molecule has 0 aromatic rings. The Morgan fingerprint density at radius 2 is 1.28 bits per heavy atom. The molecule has 0 spiro atoms. The highest BCUT2D eigenvalue weighted by atomic mass is 32.2. The van der Waals surface area contributed by atoms with Crippen LogP contribution in [0.2, 0.25) is 0 Å². The normalized spacial score (nSPS) is 16.7. The van der Waals surface area contributed by atoms with Crippen LogP contribution in [-0.2, 0) is 9.47 Å². The minimum Gasteiger partial charge on any atom is -0.353 e. The van der Waals surface area contributed by atoms with E-state index in [4.69, 9.17) is 15.9 Å². The molecular formula is C26H48O2S. The molecule has 0 amide bonds. The van der Waals surface area contributed by atoms with Gasteiger partial charge in [-0.2, -0.15) is 11.8 Å². The fraction of sp³-hybridized carbons (Fsp3) is 0.923. The van der Waals surface area contributed by atoms with E-state index >= 15 is 0 Å². The van der Waals surface area contributed by atoms with Gasteiger partial charge < -0.3 is 9.47 Å². The van der Waals surface area contributed by atoms with E-state index < -0.39 is 0 Å². The third kappa shape index (κ3) is 19.5. The van der Waals surface area contributed by atoms with Gasteiger partial charge in [0.15, 0.2) is 6.29 Å². The number of hydrogen-bond donors (Lipinski definition) is 0.